The summed E-state index contributed by atoms with van der Waals surface area (Å²) in [4.78, 5) is 12.2. The van der Waals surface area contributed by atoms with Crippen LogP contribution >= 0.6 is 12.2 Å². The van der Waals surface area contributed by atoms with Gasteiger partial charge in [0.15, 0.2) is 5.11 Å². The Labute approximate surface area is 116 Å². The number of rotatable bonds is 3. The van der Waals surface area contributed by atoms with E-state index in [4.69, 9.17) is 18.0 Å². The van der Waals surface area contributed by atoms with Gasteiger partial charge >= 0.3 is 0 Å². The average Bonchev–Trinajstić information content (AvgIpc) is 2.39. The van der Waals surface area contributed by atoms with E-state index in [0.717, 1.165) is 5.69 Å². The zero-order chi connectivity index (χ0) is 13.7. The van der Waals surface area contributed by atoms with E-state index in [1.54, 1.807) is 24.3 Å². The number of nitrogens with one attached hydrogen (secondary N) is 2. The van der Waals surface area contributed by atoms with Crippen molar-refractivity contribution in [3.63, 3.8) is 0 Å². The number of carbonyl (C=O) groups is 1. The van der Waals surface area contributed by atoms with Crippen LogP contribution in [-0.4, -0.2) is 11.0 Å². The summed E-state index contributed by atoms with van der Waals surface area (Å²) in [5.41, 5.74) is 7.24. The molecule has 96 valence electrons. The van der Waals surface area contributed by atoms with Crippen LogP contribution in [0.2, 0.25) is 0 Å². The van der Waals surface area contributed by atoms with Gasteiger partial charge in [0.25, 0.3) is 5.91 Å². The lowest BCUT2D eigenvalue weighted by atomic mass is 10.1. The molecule has 0 saturated heterocycles. The molecule has 4 N–H and O–H groups in total. The molecule has 0 aliphatic heterocycles. The number of thiocarbonyl (C=S) groups is 1. The third-order valence-electron chi connectivity index (χ3n) is 2.46. The van der Waals surface area contributed by atoms with E-state index in [0.29, 0.717) is 11.3 Å². The molecule has 19 heavy (non-hydrogen) atoms. The first-order valence-electron chi connectivity index (χ1n) is 5.68. The minimum Gasteiger partial charge on any atom is -0.376 e. The van der Waals surface area contributed by atoms with Crippen LogP contribution in [0.1, 0.15) is 10.4 Å². The van der Waals surface area contributed by atoms with Crippen LogP contribution in [-0.2, 0) is 0 Å². The number of amides is 1. The zero-order valence-electron chi connectivity index (χ0n) is 10.1. The van der Waals surface area contributed by atoms with Crippen molar-refractivity contribution >= 4 is 34.6 Å². The van der Waals surface area contributed by atoms with E-state index in [2.05, 4.69) is 10.6 Å². The topological polar surface area (TPSA) is 67.1 Å². The highest BCUT2D eigenvalue weighted by Crippen LogP contribution is 2.17. The van der Waals surface area contributed by atoms with Crippen LogP contribution < -0.4 is 16.4 Å². The minimum absolute atomic E-state index is 0.125. The Bertz CT molecular complexity index is 599. The molecule has 5 heteroatoms. The third-order valence-corrected chi connectivity index (χ3v) is 2.56. The summed E-state index contributed by atoms with van der Waals surface area (Å²) < 4.78 is 0. The summed E-state index contributed by atoms with van der Waals surface area (Å²) >= 11 is 4.79. The lowest BCUT2D eigenvalue weighted by Gasteiger charge is -2.11. The van der Waals surface area contributed by atoms with Gasteiger partial charge < -0.3 is 16.4 Å². The predicted molar refractivity (Wildman–Crippen MR) is 81.2 cm³/mol. The van der Waals surface area contributed by atoms with Crippen molar-refractivity contribution in [2.24, 2.45) is 5.73 Å². The number of anilines is 2. The first-order valence-corrected chi connectivity index (χ1v) is 6.09. The van der Waals surface area contributed by atoms with Gasteiger partial charge in [0.05, 0.1) is 11.3 Å². The highest BCUT2D eigenvalue weighted by atomic mass is 32.1. The maximum Gasteiger partial charge on any atom is 0.257 e. The first-order chi connectivity index (χ1) is 9.16. The quantitative estimate of drug-likeness (QED) is 0.751. The van der Waals surface area contributed by atoms with Gasteiger partial charge in [-0.2, -0.15) is 0 Å². The van der Waals surface area contributed by atoms with Gasteiger partial charge in [0, 0.05) is 5.69 Å². The largest absolute Gasteiger partial charge is 0.376 e. The molecule has 0 aliphatic carbocycles. The molecule has 0 spiro atoms. The van der Waals surface area contributed by atoms with Gasteiger partial charge in [-0.1, -0.05) is 30.3 Å². The summed E-state index contributed by atoms with van der Waals surface area (Å²) in [5, 5.41) is 5.72. The van der Waals surface area contributed by atoms with Gasteiger partial charge in [-0.05, 0) is 36.5 Å². The van der Waals surface area contributed by atoms with Crippen LogP contribution in [0.25, 0.3) is 0 Å². The standard InChI is InChI=1S/C14H13N3OS/c15-14(19)17-12-9-5-4-8-11(12)13(18)16-10-6-2-1-3-7-10/h1-9H,(H,16,18)(H3,15,17,19). The van der Waals surface area contributed by atoms with Gasteiger partial charge in [-0.25, -0.2) is 0 Å². The summed E-state index contributed by atoms with van der Waals surface area (Å²) in [5.74, 6) is -0.217. The molecule has 0 fully saturated rings. The molecule has 0 aromatic heterocycles. The number of nitrogens with two attached hydrogens (primary N) is 1. The number of hydrogen-bond donors (Lipinski definition) is 3. The molecule has 2 aromatic rings. The Morgan fingerprint density at radius 3 is 2.26 bits per heavy atom. The number of hydrogen-bond acceptors (Lipinski definition) is 2. The summed E-state index contributed by atoms with van der Waals surface area (Å²) in [6.07, 6.45) is 0. The molecule has 0 heterocycles. The molecule has 0 unspecified atom stereocenters. The molecular weight excluding hydrogens is 258 g/mol. The fourth-order valence-electron chi connectivity index (χ4n) is 1.64. The van der Waals surface area contributed by atoms with Crippen molar-refractivity contribution in [3.05, 3.63) is 60.2 Å². The van der Waals surface area contributed by atoms with Gasteiger partial charge in [0.1, 0.15) is 0 Å². The van der Waals surface area contributed by atoms with Crippen molar-refractivity contribution < 1.29 is 4.79 Å². The van der Waals surface area contributed by atoms with E-state index in [-0.39, 0.29) is 11.0 Å². The van der Waals surface area contributed by atoms with E-state index < -0.39 is 0 Å². The summed E-state index contributed by atoms with van der Waals surface area (Å²) in [7, 11) is 0. The molecular formula is C14H13N3OS. The van der Waals surface area contributed by atoms with Crippen LogP contribution in [0.5, 0.6) is 0 Å². The van der Waals surface area contributed by atoms with Crippen molar-refractivity contribution in [2.75, 3.05) is 10.6 Å². The number of benzene rings is 2. The smallest absolute Gasteiger partial charge is 0.257 e. The molecule has 0 aliphatic rings. The van der Waals surface area contributed by atoms with E-state index >= 15 is 0 Å². The van der Waals surface area contributed by atoms with Gasteiger partial charge in [0.2, 0.25) is 0 Å². The lowest BCUT2D eigenvalue weighted by Crippen LogP contribution is -2.22. The molecule has 0 saturated carbocycles. The number of carbonyl (C=O) groups excluding carboxylic acids is 1. The SMILES string of the molecule is NC(=S)Nc1ccccc1C(=O)Nc1ccccc1. The van der Waals surface area contributed by atoms with Gasteiger partial charge in [-0.3, -0.25) is 4.79 Å². The van der Waals surface area contributed by atoms with Crippen LogP contribution in [0, 0.1) is 0 Å². The Hall–Kier alpha value is -2.40. The van der Waals surface area contributed by atoms with Crippen molar-refractivity contribution in [1.29, 1.82) is 0 Å². The Morgan fingerprint density at radius 1 is 0.947 bits per heavy atom. The normalized spacial score (nSPS) is 9.68. The highest BCUT2D eigenvalue weighted by Gasteiger charge is 2.11. The fourth-order valence-corrected chi connectivity index (χ4v) is 1.75. The second-order valence-electron chi connectivity index (χ2n) is 3.85. The molecule has 4 nitrogen and oxygen atoms in total. The van der Waals surface area contributed by atoms with Gasteiger partial charge in [-0.15, -0.1) is 0 Å². The molecule has 1 amide bonds. The van der Waals surface area contributed by atoms with Crippen LogP contribution in [0.4, 0.5) is 11.4 Å². The predicted octanol–water partition coefficient (Wildman–Crippen LogP) is 2.59. The van der Waals surface area contributed by atoms with E-state index in [9.17, 15) is 4.79 Å². The Morgan fingerprint density at radius 2 is 1.58 bits per heavy atom. The summed E-state index contributed by atoms with van der Waals surface area (Å²) in [6.45, 7) is 0. The monoisotopic (exact) mass is 271 g/mol. The maximum absolute atomic E-state index is 12.2. The molecule has 0 bridgehead atoms. The zero-order valence-corrected chi connectivity index (χ0v) is 10.9. The molecule has 0 radical (unpaired) electrons. The fraction of sp³-hybridized carbons (Fsp3) is 0. The molecule has 2 rings (SSSR count). The van der Waals surface area contributed by atoms with Crippen LogP contribution in [0.3, 0.4) is 0 Å². The highest BCUT2D eigenvalue weighted by molar-refractivity contribution is 7.80. The van der Waals surface area contributed by atoms with Crippen molar-refractivity contribution in [3.8, 4) is 0 Å². The first kappa shape index (κ1) is 13.0. The molecule has 2 aromatic carbocycles. The Kier molecular flexibility index (Phi) is 4.10. The molecule has 0 atom stereocenters. The third kappa shape index (κ3) is 3.53. The van der Waals surface area contributed by atoms with E-state index in [1.807, 2.05) is 30.3 Å². The minimum atomic E-state index is -0.217. The lowest BCUT2D eigenvalue weighted by molar-refractivity contribution is 0.102. The average molecular weight is 271 g/mol. The second-order valence-corrected chi connectivity index (χ2v) is 4.29. The second kappa shape index (κ2) is 5.97. The number of para-hydroxylation sites is 2. The van der Waals surface area contributed by atoms with Crippen LogP contribution in [0.15, 0.2) is 54.6 Å². The van der Waals surface area contributed by atoms with E-state index in [1.165, 1.54) is 0 Å². The van der Waals surface area contributed by atoms with Crippen molar-refractivity contribution in [1.82, 2.24) is 0 Å². The maximum atomic E-state index is 12.2. The Balaban J connectivity index is 2.21. The summed E-state index contributed by atoms with van der Waals surface area (Å²) in [6, 6.07) is 16.3. The van der Waals surface area contributed by atoms with Crippen molar-refractivity contribution in [2.45, 2.75) is 0 Å².